The monoisotopic (exact) mass is 440 g/mol. The van der Waals surface area contributed by atoms with E-state index in [4.69, 9.17) is 0 Å². The molecule has 1 atom stereocenters. The molecule has 0 aliphatic carbocycles. The lowest BCUT2D eigenvalue weighted by atomic mass is 9.98. The van der Waals surface area contributed by atoms with Crippen LogP contribution in [-0.4, -0.2) is 46.9 Å². The molecule has 3 aromatic rings. The molecule has 0 spiro atoms. The maximum atomic E-state index is 12.8. The molecule has 1 aromatic carbocycles. The van der Waals surface area contributed by atoms with E-state index >= 15 is 0 Å². The van der Waals surface area contributed by atoms with Gasteiger partial charge in [-0.1, -0.05) is 0 Å². The number of hydrogen-bond acceptors (Lipinski definition) is 6. The number of hydrogen-bond donors (Lipinski definition) is 1. The summed E-state index contributed by atoms with van der Waals surface area (Å²) in [5.74, 6) is -0.116. The van der Waals surface area contributed by atoms with Gasteiger partial charge in [-0.2, -0.15) is 5.10 Å². The average Bonchev–Trinajstić information content (AvgIpc) is 3.32. The van der Waals surface area contributed by atoms with E-state index in [0.29, 0.717) is 28.3 Å². The highest BCUT2D eigenvalue weighted by molar-refractivity contribution is 7.92. The van der Waals surface area contributed by atoms with Crippen molar-refractivity contribution in [2.75, 3.05) is 22.4 Å². The van der Waals surface area contributed by atoms with E-state index in [1.54, 1.807) is 47.5 Å². The van der Waals surface area contributed by atoms with Crippen molar-refractivity contribution in [3.05, 3.63) is 65.5 Å². The molecule has 0 saturated carbocycles. The molecule has 1 N–H and O–H groups in total. The minimum Gasteiger partial charge on any atom is -0.322 e. The number of carbonyl (C=O) groups excluding carboxylic acids is 1. The number of carbonyl (C=O) groups is 1. The van der Waals surface area contributed by atoms with E-state index < -0.39 is 10.0 Å². The number of fused-ring (bicyclic) bond motifs is 1. The third-order valence-corrected chi connectivity index (χ3v) is 6.35. The fraction of sp³-hybridized carbons (Fsp3) is 0.333. The minimum absolute atomic E-state index is 0.133. The highest BCUT2D eigenvalue weighted by Gasteiger charge is 2.37. The molecule has 1 aliphatic heterocycles. The summed E-state index contributed by atoms with van der Waals surface area (Å²) in [5, 5.41) is 7.39. The Morgan fingerprint density at radius 1 is 1.19 bits per heavy atom. The van der Waals surface area contributed by atoms with Gasteiger partial charge < -0.3 is 5.32 Å². The second-order valence-corrected chi connectivity index (χ2v) is 9.84. The molecular formula is C21H24N6O3S. The Kier molecular flexibility index (Phi) is 5.26. The number of amides is 1. The summed E-state index contributed by atoms with van der Waals surface area (Å²) in [6.45, 7) is 6.03. The molecule has 3 heterocycles. The average molecular weight is 441 g/mol. The van der Waals surface area contributed by atoms with E-state index in [1.165, 1.54) is 10.6 Å². The molecule has 0 fully saturated rings. The number of anilines is 2. The molecule has 162 valence electrons. The predicted molar refractivity (Wildman–Crippen MR) is 118 cm³/mol. The molecule has 0 unspecified atom stereocenters. The van der Waals surface area contributed by atoms with E-state index in [-0.39, 0.29) is 24.4 Å². The topological polar surface area (TPSA) is 110 Å². The van der Waals surface area contributed by atoms with Crippen LogP contribution in [0.5, 0.6) is 0 Å². The van der Waals surface area contributed by atoms with E-state index in [9.17, 15) is 13.2 Å². The SMILES string of the molecule is Cc1cc(NC(=O)c2ccc3c(c2)[C@@H](c2ncn(C(C)C)n2)CN3S(C)(=O)=O)ccn1. The summed E-state index contributed by atoms with van der Waals surface area (Å²) in [7, 11) is -3.49. The number of nitrogens with zero attached hydrogens (tertiary/aromatic N) is 5. The van der Waals surface area contributed by atoms with Gasteiger partial charge in [0, 0.05) is 35.7 Å². The molecule has 0 saturated heterocycles. The van der Waals surface area contributed by atoms with Crippen molar-refractivity contribution in [1.29, 1.82) is 0 Å². The third kappa shape index (κ3) is 4.15. The van der Waals surface area contributed by atoms with Crippen LogP contribution in [0.1, 0.15) is 53.2 Å². The van der Waals surface area contributed by atoms with Gasteiger partial charge in [-0.05, 0) is 56.7 Å². The molecule has 4 rings (SSSR count). The summed E-state index contributed by atoms with van der Waals surface area (Å²) in [6.07, 6.45) is 4.45. The Morgan fingerprint density at radius 2 is 1.97 bits per heavy atom. The molecule has 0 bridgehead atoms. The molecule has 10 heteroatoms. The first kappa shape index (κ1) is 21.0. The van der Waals surface area contributed by atoms with Gasteiger partial charge in [0.2, 0.25) is 10.0 Å². The van der Waals surface area contributed by atoms with Gasteiger partial charge in [0.15, 0.2) is 5.82 Å². The molecule has 1 aliphatic rings. The Labute approximate surface area is 181 Å². The van der Waals surface area contributed by atoms with Crippen LogP contribution in [0.15, 0.2) is 42.9 Å². The zero-order valence-electron chi connectivity index (χ0n) is 17.8. The molecular weight excluding hydrogens is 416 g/mol. The molecule has 1 amide bonds. The lowest BCUT2D eigenvalue weighted by molar-refractivity contribution is 0.102. The van der Waals surface area contributed by atoms with Crippen molar-refractivity contribution in [3.8, 4) is 0 Å². The second kappa shape index (κ2) is 7.77. The molecule has 0 radical (unpaired) electrons. The van der Waals surface area contributed by atoms with Crippen LogP contribution in [0.25, 0.3) is 0 Å². The largest absolute Gasteiger partial charge is 0.322 e. The number of pyridine rings is 1. The summed E-state index contributed by atoms with van der Waals surface area (Å²) < 4.78 is 27.8. The smallest absolute Gasteiger partial charge is 0.255 e. The number of nitrogens with one attached hydrogen (secondary N) is 1. The first-order chi connectivity index (χ1) is 14.6. The first-order valence-electron chi connectivity index (χ1n) is 9.90. The van der Waals surface area contributed by atoms with Crippen molar-refractivity contribution in [2.45, 2.75) is 32.7 Å². The Bertz CT molecular complexity index is 1250. The summed E-state index contributed by atoms with van der Waals surface area (Å²) in [4.78, 5) is 21.4. The number of aryl methyl sites for hydroxylation is 1. The quantitative estimate of drug-likeness (QED) is 0.653. The fourth-order valence-corrected chi connectivity index (χ4v) is 4.57. The first-order valence-corrected chi connectivity index (χ1v) is 11.7. The number of rotatable bonds is 5. The van der Waals surface area contributed by atoms with Crippen molar-refractivity contribution in [3.63, 3.8) is 0 Å². The normalized spacial score (nSPS) is 15.9. The van der Waals surface area contributed by atoms with Crippen LogP contribution in [0.2, 0.25) is 0 Å². The number of aromatic nitrogens is 4. The van der Waals surface area contributed by atoms with Gasteiger partial charge in [-0.3, -0.25) is 18.8 Å². The summed E-state index contributed by atoms with van der Waals surface area (Å²) >= 11 is 0. The van der Waals surface area contributed by atoms with Crippen molar-refractivity contribution in [1.82, 2.24) is 19.7 Å². The van der Waals surface area contributed by atoms with E-state index in [1.807, 2.05) is 20.8 Å². The van der Waals surface area contributed by atoms with Gasteiger partial charge >= 0.3 is 0 Å². The lowest BCUT2D eigenvalue weighted by Crippen LogP contribution is -2.29. The highest BCUT2D eigenvalue weighted by Crippen LogP contribution is 2.41. The summed E-state index contributed by atoms with van der Waals surface area (Å²) in [6, 6.07) is 8.65. The van der Waals surface area contributed by atoms with Crippen LogP contribution in [0, 0.1) is 6.92 Å². The zero-order valence-corrected chi connectivity index (χ0v) is 18.6. The molecule has 2 aromatic heterocycles. The minimum atomic E-state index is -3.49. The van der Waals surface area contributed by atoms with Crippen LogP contribution < -0.4 is 9.62 Å². The predicted octanol–water partition coefficient (Wildman–Crippen LogP) is 2.73. The van der Waals surface area contributed by atoms with Gasteiger partial charge in [-0.25, -0.2) is 13.4 Å². The standard InChI is InChI=1S/C21H24N6O3S/c1-13(2)26-12-23-20(25-26)18-11-27(31(4,29)30)19-6-5-15(10-17(18)19)21(28)24-16-7-8-22-14(3)9-16/h5-10,12-13,18H,11H2,1-4H3,(H,22,24,28)/t18-/m0/s1. The number of sulfonamides is 1. The van der Waals surface area contributed by atoms with Crippen LogP contribution in [0.3, 0.4) is 0 Å². The highest BCUT2D eigenvalue weighted by atomic mass is 32.2. The lowest BCUT2D eigenvalue weighted by Gasteiger charge is -2.16. The van der Waals surface area contributed by atoms with Gasteiger partial charge in [0.05, 0.1) is 17.9 Å². The van der Waals surface area contributed by atoms with Crippen LogP contribution in [0.4, 0.5) is 11.4 Å². The van der Waals surface area contributed by atoms with Crippen molar-refractivity contribution in [2.24, 2.45) is 0 Å². The molecule has 9 nitrogen and oxygen atoms in total. The fourth-order valence-electron chi connectivity index (χ4n) is 3.62. The van der Waals surface area contributed by atoms with Gasteiger partial charge in [0.25, 0.3) is 5.91 Å². The van der Waals surface area contributed by atoms with Crippen molar-refractivity contribution >= 4 is 27.3 Å². The van der Waals surface area contributed by atoms with Gasteiger partial charge in [-0.15, -0.1) is 0 Å². The molecule has 31 heavy (non-hydrogen) atoms. The Balaban J connectivity index is 1.71. The van der Waals surface area contributed by atoms with E-state index in [2.05, 4.69) is 20.4 Å². The van der Waals surface area contributed by atoms with Crippen molar-refractivity contribution < 1.29 is 13.2 Å². The van der Waals surface area contributed by atoms with Crippen LogP contribution in [-0.2, 0) is 10.0 Å². The third-order valence-electron chi connectivity index (χ3n) is 5.20. The maximum absolute atomic E-state index is 12.8. The van der Waals surface area contributed by atoms with E-state index in [0.717, 1.165) is 5.69 Å². The maximum Gasteiger partial charge on any atom is 0.255 e. The Hall–Kier alpha value is -3.27. The second-order valence-electron chi connectivity index (χ2n) is 7.94. The summed E-state index contributed by atoms with van der Waals surface area (Å²) in [5.41, 5.74) is 3.12. The van der Waals surface area contributed by atoms with Gasteiger partial charge in [0.1, 0.15) is 6.33 Å². The zero-order chi connectivity index (χ0) is 22.3. The number of benzene rings is 1. The van der Waals surface area contributed by atoms with Crippen LogP contribution >= 0.6 is 0 Å². The Morgan fingerprint density at radius 3 is 2.61 bits per heavy atom.